The Hall–Kier alpha value is -2.59. The maximum atomic E-state index is 13.5. The summed E-state index contributed by atoms with van der Waals surface area (Å²) in [5.41, 5.74) is 0.247. The van der Waals surface area contributed by atoms with Gasteiger partial charge in [-0.3, -0.25) is 14.3 Å². The summed E-state index contributed by atoms with van der Waals surface area (Å²) in [5, 5.41) is 28.9. The molecule has 8 nitrogen and oxygen atoms in total. The number of benzene rings is 1. The normalized spacial score (nSPS) is 18.4. The number of fused-ring (bicyclic) bond motifs is 1. The first-order valence-corrected chi connectivity index (χ1v) is 11.6. The lowest BCUT2D eigenvalue weighted by molar-refractivity contribution is -0.125. The Balaban J connectivity index is 1.80. The largest absolute Gasteiger partial charge is 0.394 e. The topological polar surface area (TPSA) is 116 Å². The zero-order valence-corrected chi connectivity index (χ0v) is 19.9. The van der Waals surface area contributed by atoms with Crippen LogP contribution in [0.4, 0.5) is 8.78 Å². The van der Waals surface area contributed by atoms with E-state index in [4.69, 9.17) is 5.11 Å². The molecule has 34 heavy (non-hydrogen) atoms. The summed E-state index contributed by atoms with van der Waals surface area (Å²) in [5.74, 6) is -3.57. The molecular formula is C24H34F2N4O4. The first-order valence-electron chi connectivity index (χ1n) is 11.6. The van der Waals surface area contributed by atoms with Crippen LogP contribution in [0.1, 0.15) is 56.9 Å². The van der Waals surface area contributed by atoms with E-state index in [2.05, 4.69) is 15.7 Å². The molecule has 0 saturated heterocycles. The number of alkyl halides is 2. The fourth-order valence-electron chi connectivity index (χ4n) is 4.22. The zero-order chi connectivity index (χ0) is 25.1. The van der Waals surface area contributed by atoms with Gasteiger partial charge in [-0.2, -0.15) is 5.10 Å². The summed E-state index contributed by atoms with van der Waals surface area (Å²) in [6, 6.07) is 6.30. The number of rotatable bonds is 8. The predicted molar refractivity (Wildman–Crippen MR) is 123 cm³/mol. The Morgan fingerprint density at radius 3 is 2.50 bits per heavy atom. The zero-order valence-electron chi connectivity index (χ0n) is 19.9. The van der Waals surface area contributed by atoms with Crippen molar-refractivity contribution in [1.29, 1.82) is 0 Å². The number of aliphatic hydroxyl groups is 2. The van der Waals surface area contributed by atoms with Gasteiger partial charge >= 0.3 is 0 Å². The van der Waals surface area contributed by atoms with Gasteiger partial charge in [0, 0.05) is 31.3 Å². The number of nitrogens with one attached hydrogen (secondary N) is 2. The Morgan fingerprint density at radius 1 is 1.24 bits per heavy atom. The van der Waals surface area contributed by atoms with Crippen molar-refractivity contribution in [2.75, 3.05) is 13.2 Å². The van der Waals surface area contributed by atoms with Crippen LogP contribution in [0.3, 0.4) is 0 Å². The highest BCUT2D eigenvalue weighted by Gasteiger charge is 2.36. The van der Waals surface area contributed by atoms with Crippen molar-refractivity contribution >= 4 is 22.7 Å². The van der Waals surface area contributed by atoms with Crippen LogP contribution in [-0.4, -0.2) is 63.0 Å². The molecule has 2 aromatic rings. The first kappa shape index (κ1) is 26.0. The van der Waals surface area contributed by atoms with Gasteiger partial charge in [-0.05, 0) is 30.2 Å². The molecule has 10 heteroatoms. The average molecular weight is 481 g/mol. The molecule has 0 spiro atoms. The molecule has 2 amide bonds. The summed E-state index contributed by atoms with van der Waals surface area (Å²) >= 11 is 0. The average Bonchev–Trinajstić information content (AvgIpc) is 3.14. The third-order valence-corrected chi connectivity index (χ3v) is 6.27. The smallest absolute Gasteiger partial charge is 0.273 e. The lowest BCUT2D eigenvalue weighted by Gasteiger charge is -2.30. The van der Waals surface area contributed by atoms with Gasteiger partial charge < -0.3 is 20.8 Å². The second-order valence-corrected chi connectivity index (χ2v) is 10.2. The van der Waals surface area contributed by atoms with Crippen molar-refractivity contribution < 1.29 is 28.6 Å². The molecule has 1 heterocycles. The molecule has 0 bridgehead atoms. The highest BCUT2D eigenvalue weighted by atomic mass is 19.3. The molecule has 1 saturated carbocycles. The van der Waals surface area contributed by atoms with E-state index in [-0.39, 0.29) is 31.0 Å². The summed E-state index contributed by atoms with van der Waals surface area (Å²) in [7, 11) is 0. The van der Waals surface area contributed by atoms with Gasteiger partial charge in [0.2, 0.25) is 11.8 Å². The van der Waals surface area contributed by atoms with Crippen molar-refractivity contribution in [3.8, 4) is 0 Å². The van der Waals surface area contributed by atoms with Crippen LogP contribution in [-0.2, 0) is 11.3 Å². The minimum Gasteiger partial charge on any atom is -0.394 e. The third kappa shape index (κ3) is 6.29. The molecule has 188 valence electrons. The molecule has 0 aliphatic heterocycles. The third-order valence-electron chi connectivity index (χ3n) is 6.27. The number of carbonyl (C=O) groups excluding carboxylic acids is 2. The molecular weight excluding hydrogens is 446 g/mol. The number of aliphatic hydroxyl groups excluding tert-OH is 2. The van der Waals surface area contributed by atoms with Crippen LogP contribution in [0.2, 0.25) is 0 Å². The predicted octanol–water partition coefficient (Wildman–Crippen LogP) is 2.48. The summed E-state index contributed by atoms with van der Waals surface area (Å²) in [6.07, 6.45) is -0.585. The molecule has 4 N–H and O–H groups in total. The fraction of sp³-hybridized carbons (Fsp3) is 0.625. The van der Waals surface area contributed by atoms with Crippen molar-refractivity contribution in [2.45, 2.75) is 71.1 Å². The SMILES string of the molecule is CC(C)(C)[C@H](NC(=O)c1nn(CC2CCC(F)(F)CC2)c2ccccc12)C(=O)NC[C@H](O)CO. The minimum absolute atomic E-state index is 0.0462. The molecule has 1 aliphatic carbocycles. The van der Waals surface area contributed by atoms with Crippen molar-refractivity contribution in [2.24, 2.45) is 11.3 Å². The monoisotopic (exact) mass is 480 g/mol. The van der Waals surface area contributed by atoms with Crippen LogP contribution < -0.4 is 10.6 Å². The van der Waals surface area contributed by atoms with E-state index in [0.717, 1.165) is 5.52 Å². The molecule has 2 atom stereocenters. The van der Waals surface area contributed by atoms with Crippen LogP contribution in [0, 0.1) is 11.3 Å². The van der Waals surface area contributed by atoms with E-state index in [1.807, 2.05) is 12.1 Å². The van der Waals surface area contributed by atoms with Gasteiger partial charge in [0.15, 0.2) is 5.69 Å². The fourth-order valence-corrected chi connectivity index (χ4v) is 4.22. The number of hydrogen-bond donors (Lipinski definition) is 4. The lowest BCUT2D eigenvalue weighted by atomic mass is 9.86. The number of amides is 2. The van der Waals surface area contributed by atoms with E-state index in [0.29, 0.717) is 24.8 Å². The number of carbonyl (C=O) groups is 2. The van der Waals surface area contributed by atoms with Crippen LogP contribution in [0.25, 0.3) is 10.9 Å². The lowest BCUT2D eigenvalue weighted by Crippen LogP contribution is -2.54. The van der Waals surface area contributed by atoms with Gasteiger partial charge in [-0.15, -0.1) is 0 Å². The number of aromatic nitrogens is 2. The van der Waals surface area contributed by atoms with Gasteiger partial charge in [0.25, 0.3) is 5.91 Å². The van der Waals surface area contributed by atoms with Gasteiger partial charge in [0.1, 0.15) is 6.04 Å². The van der Waals surface area contributed by atoms with E-state index >= 15 is 0 Å². The molecule has 1 aromatic heterocycles. The van der Waals surface area contributed by atoms with Crippen LogP contribution >= 0.6 is 0 Å². The first-order chi connectivity index (χ1) is 15.9. The minimum atomic E-state index is -2.61. The summed E-state index contributed by atoms with van der Waals surface area (Å²) in [4.78, 5) is 26.0. The summed E-state index contributed by atoms with van der Waals surface area (Å²) < 4.78 is 28.8. The van der Waals surface area contributed by atoms with E-state index in [1.165, 1.54) is 0 Å². The van der Waals surface area contributed by atoms with E-state index in [9.17, 15) is 23.5 Å². The number of para-hydroxylation sites is 1. The Kier molecular flexibility index (Phi) is 7.92. The second kappa shape index (κ2) is 10.4. The van der Waals surface area contributed by atoms with Crippen LogP contribution in [0.5, 0.6) is 0 Å². The Labute approximate surface area is 197 Å². The quantitative estimate of drug-likeness (QED) is 0.463. The molecule has 1 aromatic carbocycles. The number of hydrogen-bond acceptors (Lipinski definition) is 5. The molecule has 3 rings (SSSR count). The van der Waals surface area contributed by atoms with Crippen molar-refractivity contribution in [3.63, 3.8) is 0 Å². The Bertz CT molecular complexity index is 1010. The van der Waals surface area contributed by atoms with Crippen molar-refractivity contribution in [1.82, 2.24) is 20.4 Å². The van der Waals surface area contributed by atoms with Gasteiger partial charge in [-0.1, -0.05) is 39.0 Å². The Morgan fingerprint density at radius 2 is 1.88 bits per heavy atom. The van der Waals surface area contributed by atoms with Gasteiger partial charge in [0.05, 0.1) is 18.2 Å². The second-order valence-electron chi connectivity index (χ2n) is 10.2. The number of halogens is 2. The highest BCUT2D eigenvalue weighted by molar-refractivity contribution is 6.06. The molecule has 1 aliphatic rings. The highest BCUT2D eigenvalue weighted by Crippen LogP contribution is 2.37. The van der Waals surface area contributed by atoms with E-state index < -0.39 is 41.9 Å². The van der Waals surface area contributed by atoms with E-state index in [1.54, 1.807) is 37.6 Å². The molecule has 1 fully saturated rings. The summed E-state index contributed by atoms with van der Waals surface area (Å²) in [6.45, 7) is 5.21. The van der Waals surface area contributed by atoms with Gasteiger partial charge in [-0.25, -0.2) is 8.78 Å². The molecule has 0 radical (unpaired) electrons. The number of nitrogens with zero attached hydrogens (tertiary/aromatic N) is 2. The maximum absolute atomic E-state index is 13.5. The molecule has 0 unspecified atom stereocenters. The van der Waals surface area contributed by atoms with Crippen molar-refractivity contribution in [3.05, 3.63) is 30.0 Å². The van der Waals surface area contributed by atoms with Crippen LogP contribution in [0.15, 0.2) is 24.3 Å². The maximum Gasteiger partial charge on any atom is 0.273 e. The standard InChI is InChI=1S/C24H34F2N4O4/c1-23(2,3)20(22(34)27-12-16(32)14-31)28-21(33)19-17-6-4-5-7-18(17)30(29-19)13-15-8-10-24(25,26)11-9-15/h4-7,15-16,20,31-32H,8-14H2,1-3H3,(H,27,34)(H,28,33)/t16-,20+/m0/s1.